The Bertz CT molecular complexity index is 1300. The van der Waals surface area contributed by atoms with E-state index in [0.29, 0.717) is 48.9 Å². The molecule has 10 heteroatoms. The number of hydrogen-bond donors (Lipinski definition) is 0. The number of carbonyl (C=O) groups is 1. The Hall–Kier alpha value is -3.82. The van der Waals surface area contributed by atoms with E-state index in [9.17, 15) is 9.18 Å². The Balaban J connectivity index is 1.33. The fourth-order valence-corrected chi connectivity index (χ4v) is 4.17. The smallest absolute Gasteiger partial charge is 0.227 e. The van der Waals surface area contributed by atoms with Crippen molar-refractivity contribution in [2.45, 2.75) is 26.7 Å². The van der Waals surface area contributed by atoms with E-state index in [1.165, 1.54) is 12.1 Å². The number of halogens is 1. The van der Waals surface area contributed by atoms with E-state index >= 15 is 0 Å². The van der Waals surface area contributed by atoms with Gasteiger partial charge >= 0.3 is 0 Å². The molecule has 1 saturated heterocycles. The highest BCUT2D eigenvalue weighted by molar-refractivity contribution is 5.79. The first-order valence-electron chi connectivity index (χ1n) is 10.9. The van der Waals surface area contributed by atoms with Crippen LogP contribution in [0.3, 0.4) is 0 Å². The van der Waals surface area contributed by atoms with Crippen molar-refractivity contribution in [3.8, 4) is 11.4 Å². The largest absolute Gasteiger partial charge is 0.361 e. The van der Waals surface area contributed by atoms with Gasteiger partial charge in [-0.15, -0.1) is 15.3 Å². The molecule has 1 amide bonds. The highest BCUT2D eigenvalue weighted by Crippen LogP contribution is 2.21. The molecule has 1 fully saturated rings. The highest BCUT2D eigenvalue weighted by Gasteiger charge is 2.23. The molecule has 170 valence electrons. The minimum Gasteiger partial charge on any atom is -0.361 e. The Morgan fingerprint density at radius 1 is 1.09 bits per heavy atom. The number of nitrogens with zero attached hydrogens (tertiary/aromatic N) is 7. The molecule has 33 heavy (non-hydrogen) atoms. The number of aromatic nitrogens is 5. The molecular weight excluding hydrogens is 425 g/mol. The molecule has 0 radical (unpaired) electrons. The van der Waals surface area contributed by atoms with Crippen molar-refractivity contribution < 1.29 is 13.7 Å². The van der Waals surface area contributed by atoms with E-state index in [0.717, 1.165) is 30.0 Å². The van der Waals surface area contributed by atoms with Gasteiger partial charge in [0.15, 0.2) is 11.5 Å². The monoisotopic (exact) mass is 449 g/mol. The van der Waals surface area contributed by atoms with Gasteiger partial charge in [0.05, 0.1) is 12.1 Å². The van der Waals surface area contributed by atoms with E-state index < -0.39 is 0 Å². The molecule has 0 bridgehead atoms. The number of anilines is 1. The van der Waals surface area contributed by atoms with Crippen LogP contribution in [0.2, 0.25) is 0 Å². The van der Waals surface area contributed by atoms with Gasteiger partial charge in [-0.1, -0.05) is 17.3 Å². The number of carbonyl (C=O) groups excluding carboxylic acids is 1. The summed E-state index contributed by atoms with van der Waals surface area (Å²) in [6.07, 6.45) is 1.12. The summed E-state index contributed by atoms with van der Waals surface area (Å²) in [7, 11) is 0. The van der Waals surface area contributed by atoms with Crippen molar-refractivity contribution in [2.24, 2.45) is 0 Å². The van der Waals surface area contributed by atoms with Crippen molar-refractivity contribution in [3.05, 3.63) is 59.2 Å². The number of amides is 1. The van der Waals surface area contributed by atoms with Crippen molar-refractivity contribution >= 4 is 17.4 Å². The first-order chi connectivity index (χ1) is 16.0. The molecule has 1 aliphatic heterocycles. The molecule has 0 saturated carbocycles. The van der Waals surface area contributed by atoms with Crippen LogP contribution in [0.15, 0.2) is 40.9 Å². The molecule has 0 aliphatic carbocycles. The molecule has 0 spiro atoms. The van der Waals surface area contributed by atoms with Gasteiger partial charge in [-0.2, -0.15) is 4.52 Å². The van der Waals surface area contributed by atoms with E-state index in [2.05, 4.69) is 20.3 Å². The molecule has 1 aliphatic rings. The van der Waals surface area contributed by atoms with Crippen LogP contribution in [0.1, 0.15) is 23.4 Å². The van der Waals surface area contributed by atoms with Crippen molar-refractivity contribution in [2.75, 3.05) is 31.1 Å². The molecule has 1 aromatic carbocycles. The predicted octanol–water partition coefficient (Wildman–Crippen LogP) is 2.82. The summed E-state index contributed by atoms with van der Waals surface area (Å²) in [6, 6.07) is 9.98. The van der Waals surface area contributed by atoms with Gasteiger partial charge in [-0.25, -0.2) is 4.39 Å². The Labute approximate surface area is 189 Å². The first kappa shape index (κ1) is 21.0. The van der Waals surface area contributed by atoms with E-state index in [4.69, 9.17) is 9.62 Å². The molecule has 9 nitrogen and oxygen atoms in total. The van der Waals surface area contributed by atoms with Crippen LogP contribution in [0, 0.1) is 19.7 Å². The van der Waals surface area contributed by atoms with Crippen LogP contribution in [0.25, 0.3) is 17.0 Å². The van der Waals surface area contributed by atoms with Crippen LogP contribution in [0.5, 0.6) is 0 Å². The van der Waals surface area contributed by atoms with Gasteiger partial charge in [-0.05, 0) is 44.5 Å². The molecule has 4 heterocycles. The summed E-state index contributed by atoms with van der Waals surface area (Å²) in [6.45, 7) is 6.39. The summed E-state index contributed by atoms with van der Waals surface area (Å²) in [4.78, 5) is 16.9. The van der Waals surface area contributed by atoms with Crippen LogP contribution in [0.4, 0.5) is 10.2 Å². The quantitative estimate of drug-likeness (QED) is 0.473. The van der Waals surface area contributed by atoms with E-state index in [-0.39, 0.29) is 11.7 Å². The summed E-state index contributed by atoms with van der Waals surface area (Å²) in [5.74, 6) is 1.67. The van der Waals surface area contributed by atoms with Crippen molar-refractivity contribution in [1.29, 1.82) is 0 Å². The van der Waals surface area contributed by atoms with Crippen molar-refractivity contribution in [3.63, 3.8) is 0 Å². The molecule has 0 atom stereocenters. The highest BCUT2D eigenvalue weighted by atomic mass is 19.1. The third kappa shape index (κ3) is 4.15. The predicted molar refractivity (Wildman–Crippen MR) is 119 cm³/mol. The van der Waals surface area contributed by atoms with Gasteiger partial charge in [0.1, 0.15) is 17.4 Å². The molecule has 0 unspecified atom stereocenters. The average Bonchev–Trinajstić information content (AvgIpc) is 3.26. The standard InChI is InChI=1S/C23H24FN7O2/c1-15-19(16(2)33-28-15)14-22(32)30-10-4-9-29(11-12-30)21-8-7-20-25-26-23(31(20)27-21)17-5-3-6-18(24)13-17/h3,5-8,13H,4,9-12,14H2,1-2H3. The fourth-order valence-electron chi connectivity index (χ4n) is 4.17. The first-order valence-corrected chi connectivity index (χ1v) is 10.9. The minimum absolute atomic E-state index is 0.0712. The van der Waals surface area contributed by atoms with Gasteiger partial charge < -0.3 is 14.3 Å². The maximum absolute atomic E-state index is 13.7. The van der Waals surface area contributed by atoms with E-state index in [1.807, 2.05) is 30.9 Å². The van der Waals surface area contributed by atoms with Crippen LogP contribution in [-0.2, 0) is 11.2 Å². The second-order valence-corrected chi connectivity index (χ2v) is 8.20. The number of fused-ring (bicyclic) bond motifs is 1. The summed E-state index contributed by atoms with van der Waals surface area (Å²) >= 11 is 0. The Kier molecular flexibility index (Phi) is 5.49. The van der Waals surface area contributed by atoms with Gasteiger partial charge in [0.25, 0.3) is 0 Å². The summed E-state index contributed by atoms with van der Waals surface area (Å²) < 4.78 is 20.5. The number of benzene rings is 1. The average molecular weight is 449 g/mol. The van der Waals surface area contributed by atoms with Gasteiger partial charge in [-0.3, -0.25) is 4.79 Å². The zero-order valence-electron chi connectivity index (χ0n) is 18.5. The van der Waals surface area contributed by atoms with Crippen molar-refractivity contribution in [1.82, 2.24) is 29.9 Å². The second kappa shape index (κ2) is 8.61. The molecule has 4 aromatic rings. The second-order valence-electron chi connectivity index (χ2n) is 8.20. The third-order valence-electron chi connectivity index (χ3n) is 6.01. The SMILES string of the molecule is Cc1noc(C)c1CC(=O)N1CCCN(c2ccc3nnc(-c4cccc(F)c4)n3n2)CC1. The zero-order valence-corrected chi connectivity index (χ0v) is 18.5. The lowest BCUT2D eigenvalue weighted by Crippen LogP contribution is -2.36. The topological polar surface area (TPSA) is 92.7 Å². The van der Waals surface area contributed by atoms with Gasteiger partial charge in [0.2, 0.25) is 5.91 Å². The van der Waals surface area contributed by atoms with E-state index in [1.54, 1.807) is 16.6 Å². The molecule has 0 N–H and O–H groups in total. The summed E-state index contributed by atoms with van der Waals surface area (Å²) in [5, 5.41) is 17.0. The lowest BCUT2D eigenvalue weighted by molar-refractivity contribution is -0.130. The number of hydrogen-bond acceptors (Lipinski definition) is 7. The van der Waals surface area contributed by atoms with Gasteiger partial charge in [0, 0.05) is 37.3 Å². The van der Waals surface area contributed by atoms with Crippen LogP contribution >= 0.6 is 0 Å². The fraction of sp³-hybridized carbons (Fsp3) is 0.348. The number of rotatable bonds is 4. The maximum Gasteiger partial charge on any atom is 0.227 e. The molecular formula is C23H24FN7O2. The lowest BCUT2D eigenvalue weighted by Gasteiger charge is -2.23. The maximum atomic E-state index is 13.7. The third-order valence-corrected chi connectivity index (χ3v) is 6.01. The normalized spacial score (nSPS) is 14.6. The Morgan fingerprint density at radius 3 is 2.76 bits per heavy atom. The molecule has 3 aromatic heterocycles. The lowest BCUT2D eigenvalue weighted by atomic mass is 10.1. The number of aryl methyl sites for hydroxylation is 2. The zero-order chi connectivity index (χ0) is 22.9. The summed E-state index contributed by atoms with van der Waals surface area (Å²) in [5.41, 5.74) is 2.83. The minimum atomic E-state index is -0.339. The Morgan fingerprint density at radius 2 is 1.97 bits per heavy atom. The van der Waals surface area contributed by atoms with Crippen LogP contribution < -0.4 is 4.90 Å². The molecule has 5 rings (SSSR count). The van der Waals surface area contributed by atoms with Crippen LogP contribution in [-0.4, -0.2) is 62.0 Å².